The molecule has 0 fully saturated rings. The molecule has 0 atom stereocenters. The van der Waals surface area contributed by atoms with Crippen LogP contribution in [0.5, 0.6) is 5.75 Å². The molecule has 0 unspecified atom stereocenters. The normalized spacial score (nSPS) is 9.71. The molecule has 0 aliphatic rings. The SMILES string of the molecule is CC(C)Oc1cccc(F)c1N=C=O. The Balaban J connectivity index is 3.14. The van der Waals surface area contributed by atoms with Crippen molar-refractivity contribution in [2.75, 3.05) is 0 Å². The van der Waals surface area contributed by atoms with Crippen LogP contribution >= 0.6 is 0 Å². The molecule has 1 aromatic rings. The summed E-state index contributed by atoms with van der Waals surface area (Å²) in [5.74, 6) is -0.338. The lowest BCUT2D eigenvalue weighted by molar-refractivity contribution is 0.242. The van der Waals surface area contributed by atoms with E-state index in [-0.39, 0.29) is 17.5 Å². The highest BCUT2D eigenvalue weighted by atomic mass is 19.1. The number of para-hydroxylation sites is 1. The Kier molecular flexibility index (Phi) is 3.37. The van der Waals surface area contributed by atoms with Gasteiger partial charge >= 0.3 is 0 Å². The van der Waals surface area contributed by atoms with E-state index in [0.29, 0.717) is 0 Å². The van der Waals surface area contributed by atoms with Crippen LogP contribution in [0.15, 0.2) is 23.2 Å². The summed E-state index contributed by atoms with van der Waals surface area (Å²) in [6.07, 6.45) is 1.19. The Morgan fingerprint density at radius 3 is 2.79 bits per heavy atom. The van der Waals surface area contributed by atoms with E-state index in [1.807, 2.05) is 0 Å². The average molecular weight is 195 g/mol. The van der Waals surface area contributed by atoms with Gasteiger partial charge in [0.15, 0.2) is 11.5 Å². The fourth-order valence-electron chi connectivity index (χ4n) is 0.999. The molecule has 0 aliphatic carbocycles. The molecule has 0 bridgehead atoms. The van der Waals surface area contributed by atoms with Crippen molar-refractivity contribution in [3.05, 3.63) is 24.0 Å². The number of benzene rings is 1. The molecular formula is C10H10FNO2. The fourth-order valence-corrected chi connectivity index (χ4v) is 0.999. The molecule has 0 amide bonds. The molecule has 3 nitrogen and oxygen atoms in total. The third kappa shape index (κ3) is 2.41. The predicted molar refractivity (Wildman–Crippen MR) is 49.9 cm³/mol. The number of isocyanates is 1. The first-order chi connectivity index (χ1) is 6.65. The predicted octanol–water partition coefficient (Wildman–Crippen LogP) is 2.58. The molecule has 0 aliphatic heterocycles. The van der Waals surface area contributed by atoms with Crippen molar-refractivity contribution < 1.29 is 13.9 Å². The average Bonchev–Trinajstić information content (AvgIpc) is 2.10. The summed E-state index contributed by atoms with van der Waals surface area (Å²) < 4.78 is 18.4. The Hall–Kier alpha value is -1.67. The number of hydrogen-bond donors (Lipinski definition) is 0. The second kappa shape index (κ2) is 4.53. The molecule has 0 aromatic heterocycles. The first kappa shape index (κ1) is 10.4. The van der Waals surface area contributed by atoms with Crippen molar-refractivity contribution in [3.63, 3.8) is 0 Å². The molecule has 14 heavy (non-hydrogen) atoms. The summed E-state index contributed by atoms with van der Waals surface area (Å²) in [6.45, 7) is 3.61. The molecule has 1 aromatic carbocycles. The van der Waals surface area contributed by atoms with Crippen molar-refractivity contribution in [2.24, 2.45) is 4.99 Å². The Labute approximate surface area is 81.2 Å². The number of ether oxygens (including phenoxy) is 1. The third-order valence-electron chi connectivity index (χ3n) is 1.47. The molecule has 1 rings (SSSR count). The Morgan fingerprint density at radius 1 is 1.50 bits per heavy atom. The van der Waals surface area contributed by atoms with Crippen LogP contribution in [0.3, 0.4) is 0 Å². The van der Waals surface area contributed by atoms with Gasteiger partial charge in [0.1, 0.15) is 5.75 Å². The van der Waals surface area contributed by atoms with Gasteiger partial charge in [-0.25, -0.2) is 9.18 Å². The van der Waals surface area contributed by atoms with E-state index in [0.717, 1.165) is 0 Å². The van der Waals surface area contributed by atoms with Crippen LogP contribution in [0.25, 0.3) is 0 Å². The lowest BCUT2D eigenvalue weighted by Crippen LogP contribution is -2.05. The second-order valence-corrected chi connectivity index (χ2v) is 2.96. The maximum atomic E-state index is 13.1. The fraction of sp³-hybridized carbons (Fsp3) is 0.300. The molecule has 0 spiro atoms. The molecule has 74 valence electrons. The van der Waals surface area contributed by atoms with Gasteiger partial charge in [-0.2, -0.15) is 4.99 Å². The third-order valence-corrected chi connectivity index (χ3v) is 1.47. The van der Waals surface area contributed by atoms with Crippen LogP contribution in [0, 0.1) is 5.82 Å². The van der Waals surface area contributed by atoms with Gasteiger partial charge in [0.25, 0.3) is 0 Å². The topological polar surface area (TPSA) is 38.7 Å². The molecule has 0 heterocycles. The minimum absolute atomic E-state index is 0.0996. The van der Waals surface area contributed by atoms with Crippen LogP contribution < -0.4 is 4.74 Å². The van der Waals surface area contributed by atoms with Crippen LogP contribution in [0.1, 0.15) is 13.8 Å². The highest BCUT2D eigenvalue weighted by Crippen LogP contribution is 2.30. The van der Waals surface area contributed by atoms with E-state index in [1.165, 1.54) is 18.2 Å². The van der Waals surface area contributed by atoms with Crippen molar-refractivity contribution >= 4 is 11.8 Å². The van der Waals surface area contributed by atoms with Gasteiger partial charge in [-0.3, -0.25) is 0 Å². The van der Waals surface area contributed by atoms with E-state index < -0.39 is 5.82 Å². The summed E-state index contributed by atoms with van der Waals surface area (Å²) in [4.78, 5) is 13.3. The summed E-state index contributed by atoms with van der Waals surface area (Å²) in [7, 11) is 0. The number of aliphatic imine (C=N–C) groups is 1. The lowest BCUT2D eigenvalue weighted by Gasteiger charge is -2.11. The Bertz CT molecular complexity index is 370. The van der Waals surface area contributed by atoms with Crippen molar-refractivity contribution in [1.29, 1.82) is 0 Å². The first-order valence-electron chi connectivity index (χ1n) is 4.18. The molecule has 0 radical (unpaired) electrons. The van der Waals surface area contributed by atoms with Crippen LogP contribution in [0.2, 0.25) is 0 Å². The molecule has 0 saturated carbocycles. The zero-order chi connectivity index (χ0) is 10.6. The molecular weight excluding hydrogens is 185 g/mol. The van der Waals surface area contributed by atoms with E-state index in [2.05, 4.69) is 4.99 Å². The van der Waals surface area contributed by atoms with Crippen LogP contribution in [-0.2, 0) is 4.79 Å². The van der Waals surface area contributed by atoms with Gasteiger partial charge in [0, 0.05) is 0 Å². The maximum absolute atomic E-state index is 13.1. The summed E-state index contributed by atoms with van der Waals surface area (Å²) in [5.41, 5.74) is -0.101. The van der Waals surface area contributed by atoms with E-state index in [1.54, 1.807) is 19.9 Å². The highest BCUT2D eigenvalue weighted by molar-refractivity contribution is 5.58. The van der Waals surface area contributed by atoms with E-state index in [4.69, 9.17) is 4.74 Å². The van der Waals surface area contributed by atoms with Gasteiger partial charge in [0.05, 0.1) is 6.10 Å². The van der Waals surface area contributed by atoms with Crippen LogP contribution in [0.4, 0.5) is 10.1 Å². The quantitative estimate of drug-likeness (QED) is 0.549. The van der Waals surface area contributed by atoms with Crippen molar-refractivity contribution in [2.45, 2.75) is 20.0 Å². The second-order valence-electron chi connectivity index (χ2n) is 2.96. The van der Waals surface area contributed by atoms with E-state index >= 15 is 0 Å². The maximum Gasteiger partial charge on any atom is 0.240 e. The number of nitrogens with zero attached hydrogens (tertiary/aromatic N) is 1. The van der Waals surface area contributed by atoms with E-state index in [9.17, 15) is 9.18 Å². The standard InChI is InChI=1S/C10H10FNO2/c1-7(2)14-9-5-3-4-8(11)10(9)12-6-13/h3-5,7H,1-2H3. The van der Waals surface area contributed by atoms with Crippen molar-refractivity contribution in [1.82, 2.24) is 0 Å². The molecule has 0 saturated heterocycles. The molecule has 0 N–H and O–H groups in total. The van der Waals surface area contributed by atoms with Gasteiger partial charge in [0.2, 0.25) is 6.08 Å². The number of halogens is 1. The summed E-state index contributed by atoms with van der Waals surface area (Å²) >= 11 is 0. The lowest BCUT2D eigenvalue weighted by atomic mass is 10.3. The Morgan fingerprint density at radius 2 is 2.21 bits per heavy atom. The zero-order valence-corrected chi connectivity index (χ0v) is 7.95. The summed E-state index contributed by atoms with van der Waals surface area (Å²) in [5, 5.41) is 0. The smallest absolute Gasteiger partial charge is 0.240 e. The minimum Gasteiger partial charge on any atom is -0.489 e. The van der Waals surface area contributed by atoms with Gasteiger partial charge in [-0.15, -0.1) is 0 Å². The number of hydrogen-bond acceptors (Lipinski definition) is 3. The zero-order valence-electron chi connectivity index (χ0n) is 7.95. The molecule has 4 heteroatoms. The van der Waals surface area contributed by atoms with Crippen LogP contribution in [-0.4, -0.2) is 12.2 Å². The summed E-state index contributed by atoms with van der Waals surface area (Å²) in [6, 6.07) is 4.26. The minimum atomic E-state index is -0.591. The number of carbonyl (C=O) groups excluding carboxylic acids is 1. The van der Waals surface area contributed by atoms with Gasteiger partial charge < -0.3 is 4.74 Å². The van der Waals surface area contributed by atoms with Gasteiger partial charge in [-0.05, 0) is 26.0 Å². The largest absolute Gasteiger partial charge is 0.489 e. The first-order valence-corrected chi connectivity index (χ1v) is 4.18. The number of rotatable bonds is 3. The highest BCUT2D eigenvalue weighted by Gasteiger charge is 2.09. The van der Waals surface area contributed by atoms with Crippen molar-refractivity contribution in [3.8, 4) is 5.75 Å². The van der Waals surface area contributed by atoms with Gasteiger partial charge in [-0.1, -0.05) is 6.07 Å². The monoisotopic (exact) mass is 195 g/mol.